The van der Waals surface area contributed by atoms with Crippen molar-refractivity contribution in [2.24, 2.45) is 5.92 Å². The zero-order chi connectivity index (χ0) is 15.4. The molecule has 6 heteroatoms. The van der Waals surface area contributed by atoms with Crippen molar-refractivity contribution in [3.8, 4) is 0 Å². The smallest absolute Gasteiger partial charge is 0.238 e. The van der Waals surface area contributed by atoms with Crippen molar-refractivity contribution in [1.29, 1.82) is 0 Å². The van der Waals surface area contributed by atoms with E-state index in [0.717, 1.165) is 38.1 Å². The molecule has 2 N–H and O–H groups in total. The molecule has 0 aliphatic carbocycles. The summed E-state index contributed by atoms with van der Waals surface area (Å²) in [5.74, 6) is -1.88. The van der Waals surface area contributed by atoms with Crippen LogP contribution in [-0.2, 0) is 4.79 Å². The lowest BCUT2D eigenvalue weighted by molar-refractivity contribution is -0.117. The first-order valence-electron chi connectivity index (χ1n) is 7.11. The van der Waals surface area contributed by atoms with Gasteiger partial charge in [0.1, 0.15) is 0 Å². The first-order valence-corrected chi connectivity index (χ1v) is 7.11. The van der Waals surface area contributed by atoms with E-state index in [2.05, 4.69) is 5.32 Å². The van der Waals surface area contributed by atoms with Gasteiger partial charge in [0.05, 0.1) is 12.6 Å². The van der Waals surface area contributed by atoms with Gasteiger partial charge < -0.3 is 10.4 Å². The number of hydrogen-bond acceptors (Lipinski definition) is 3. The van der Waals surface area contributed by atoms with Crippen LogP contribution in [0.25, 0.3) is 0 Å². The number of anilines is 1. The zero-order valence-corrected chi connectivity index (χ0v) is 12.0. The highest BCUT2D eigenvalue weighted by atomic mass is 19.2. The molecule has 1 amide bonds. The fraction of sp³-hybridized carbons (Fsp3) is 0.533. The van der Waals surface area contributed by atoms with Gasteiger partial charge >= 0.3 is 0 Å². The summed E-state index contributed by atoms with van der Waals surface area (Å²) >= 11 is 0. The molecule has 0 saturated carbocycles. The summed E-state index contributed by atoms with van der Waals surface area (Å²) in [5, 5.41) is 12.1. The van der Waals surface area contributed by atoms with E-state index in [1.807, 2.05) is 4.90 Å². The average molecular weight is 298 g/mol. The Kier molecular flexibility index (Phi) is 5.25. The molecule has 21 heavy (non-hydrogen) atoms. The molecule has 1 aromatic carbocycles. The molecule has 0 spiro atoms. The number of likely N-dealkylation sites (tertiary alicyclic amines) is 1. The number of halogens is 2. The Labute approximate surface area is 122 Å². The summed E-state index contributed by atoms with van der Waals surface area (Å²) in [6.45, 7) is 3.50. The number of nitrogens with one attached hydrogen (secondary N) is 1. The van der Waals surface area contributed by atoms with Gasteiger partial charge in [-0.15, -0.1) is 0 Å². The van der Waals surface area contributed by atoms with Crippen molar-refractivity contribution in [2.75, 3.05) is 25.0 Å². The Morgan fingerprint density at radius 2 is 2.05 bits per heavy atom. The number of nitrogens with zero attached hydrogens (tertiary/aromatic N) is 1. The van der Waals surface area contributed by atoms with E-state index < -0.39 is 11.6 Å². The van der Waals surface area contributed by atoms with E-state index in [4.69, 9.17) is 0 Å². The maximum atomic E-state index is 13.0. The standard InChI is InChI=1S/C15H20F2N2O2/c1-10(20)11-4-6-19(7-5-11)9-15(21)18-12-2-3-13(16)14(17)8-12/h2-3,8,10-11,20H,4-7,9H2,1H3,(H,18,21). The van der Waals surface area contributed by atoms with Gasteiger partial charge in [-0.3, -0.25) is 9.69 Å². The molecule has 116 valence electrons. The quantitative estimate of drug-likeness (QED) is 0.894. The predicted octanol–water partition coefficient (Wildman–Crippen LogP) is 2.00. The molecule has 1 unspecified atom stereocenters. The van der Waals surface area contributed by atoms with Crippen molar-refractivity contribution in [1.82, 2.24) is 4.90 Å². The molecule has 2 rings (SSSR count). The molecule has 1 aromatic rings. The Morgan fingerprint density at radius 3 is 2.62 bits per heavy atom. The van der Waals surface area contributed by atoms with Crippen LogP contribution < -0.4 is 5.32 Å². The molecule has 1 aliphatic heterocycles. The predicted molar refractivity (Wildman–Crippen MR) is 75.8 cm³/mol. The number of carbonyl (C=O) groups is 1. The van der Waals surface area contributed by atoms with Crippen LogP contribution >= 0.6 is 0 Å². The molecule has 1 saturated heterocycles. The maximum absolute atomic E-state index is 13.0. The minimum Gasteiger partial charge on any atom is -0.393 e. The average Bonchev–Trinajstić information content (AvgIpc) is 2.43. The van der Waals surface area contributed by atoms with Crippen molar-refractivity contribution >= 4 is 11.6 Å². The van der Waals surface area contributed by atoms with E-state index in [0.29, 0.717) is 0 Å². The van der Waals surface area contributed by atoms with E-state index >= 15 is 0 Å². The fourth-order valence-corrected chi connectivity index (χ4v) is 2.57. The molecule has 4 nitrogen and oxygen atoms in total. The van der Waals surface area contributed by atoms with E-state index in [1.165, 1.54) is 6.07 Å². The Hall–Kier alpha value is -1.53. The van der Waals surface area contributed by atoms with Gasteiger partial charge in [0.25, 0.3) is 0 Å². The highest BCUT2D eigenvalue weighted by molar-refractivity contribution is 5.92. The van der Waals surface area contributed by atoms with Crippen molar-refractivity contribution in [2.45, 2.75) is 25.9 Å². The lowest BCUT2D eigenvalue weighted by Crippen LogP contribution is -2.41. The molecule has 0 radical (unpaired) electrons. The Balaban J connectivity index is 1.81. The first-order chi connectivity index (χ1) is 9.95. The summed E-state index contributed by atoms with van der Waals surface area (Å²) in [4.78, 5) is 13.9. The molecule has 1 heterocycles. The lowest BCUT2D eigenvalue weighted by atomic mass is 9.92. The van der Waals surface area contributed by atoms with Crippen LogP contribution in [0.15, 0.2) is 18.2 Å². The minimum atomic E-state index is -0.981. The monoisotopic (exact) mass is 298 g/mol. The second-order valence-corrected chi connectivity index (χ2v) is 5.53. The molecule has 0 aromatic heterocycles. The fourth-order valence-electron chi connectivity index (χ4n) is 2.57. The number of amides is 1. The Morgan fingerprint density at radius 1 is 1.38 bits per heavy atom. The van der Waals surface area contributed by atoms with Crippen LogP contribution in [-0.4, -0.2) is 41.7 Å². The first kappa shape index (κ1) is 15.9. The van der Waals surface area contributed by atoms with E-state index in [1.54, 1.807) is 6.92 Å². The molecular formula is C15H20F2N2O2. The van der Waals surface area contributed by atoms with E-state index in [-0.39, 0.29) is 30.2 Å². The zero-order valence-electron chi connectivity index (χ0n) is 12.0. The summed E-state index contributed by atoms with van der Waals surface area (Å²) in [5.41, 5.74) is 0.248. The van der Waals surface area contributed by atoms with Crippen molar-refractivity contribution < 1.29 is 18.7 Å². The topological polar surface area (TPSA) is 52.6 Å². The molecule has 1 aliphatic rings. The third kappa shape index (κ3) is 4.47. The van der Waals surface area contributed by atoms with Crippen LogP contribution in [0.5, 0.6) is 0 Å². The third-order valence-corrected chi connectivity index (χ3v) is 3.89. The van der Waals surface area contributed by atoms with Gasteiger partial charge in [-0.1, -0.05) is 0 Å². The number of hydrogen-bond donors (Lipinski definition) is 2. The van der Waals surface area contributed by atoms with Crippen LogP contribution in [0.1, 0.15) is 19.8 Å². The highest BCUT2D eigenvalue weighted by Gasteiger charge is 2.23. The second kappa shape index (κ2) is 6.95. The van der Waals surface area contributed by atoms with Gasteiger partial charge in [0.2, 0.25) is 5.91 Å². The highest BCUT2D eigenvalue weighted by Crippen LogP contribution is 2.20. The Bertz CT molecular complexity index is 500. The summed E-state index contributed by atoms with van der Waals surface area (Å²) < 4.78 is 25.8. The molecular weight excluding hydrogens is 278 g/mol. The SMILES string of the molecule is CC(O)C1CCN(CC(=O)Nc2ccc(F)c(F)c2)CC1. The van der Waals surface area contributed by atoms with Crippen molar-refractivity contribution in [3.05, 3.63) is 29.8 Å². The summed E-state index contributed by atoms with van der Waals surface area (Å²) in [6.07, 6.45) is 1.40. The maximum Gasteiger partial charge on any atom is 0.238 e. The van der Waals surface area contributed by atoms with Gasteiger partial charge in [-0.05, 0) is 50.9 Å². The normalized spacial score (nSPS) is 18.5. The number of benzene rings is 1. The summed E-state index contributed by atoms with van der Waals surface area (Å²) in [6, 6.07) is 3.28. The lowest BCUT2D eigenvalue weighted by Gasteiger charge is -2.32. The van der Waals surface area contributed by atoms with Gasteiger partial charge in [-0.25, -0.2) is 8.78 Å². The molecule has 0 bridgehead atoms. The van der Waals surface area contributed by atoms with Gasteiger partial charge in [-0.2, -0.15) is 0 Å². The largest absolute Gasteiger partial charge is 0.393 e. The number of rotatable bonds is 4. The second-order valence-electron chi connectivity index (χ2n) is 5.53. The number of carbonyl (C=O) groups excluding carboxylic acids is 1. The molecule has 1 atom stereocenters. The number of aliphatic hydroxyl groups excluding tert-OH is 1. The van der Waals surface area contributed by atoms with Gasteiger partial charge in [0.15, 0.2) is 11.6 Å². The van der Waals surface area contributed by atoms with E-state index in [9.17, 15) is 18.7 Å². The van der Waals surface area contributed by atoms with Crippen LogP contribution in [0.3, 0.4) is 0 Å². The third-order valence-electron chi connectivity index (χ3n) is 3.89. The van der Waals surface area contributed by atoms with Gasteiger partial charge in [0, 0.05) is 11.8 Å². The molecule has 1 fully saturated rings. The van der Waals surface area contributed by atoms with Crippen LogP contribution in [0.4, 0.5) is 14.5 Å². The van der Waals surface area contributed by atoms with Crippen molar-refractivity contribution in [3.63, 3.8) is 0 Å². The van der Waals surface area contributed by atoms with Crippen LogP contribution in [0, 0.1) is 17.6 Å². The summed E-state index contributed by atoms with van der Waals surface area (Å²) in [7, 11) is 0. The number of piperidine rings is 1. The number of aliphatic hydroxyl groups is 1. The van der Waals surface area contributed by atoms with Crippen LogP contribution in [0.2, 0.25) is 0 Å². The minimum absolute atomic E-state index is 0.214.